The summed E-state index contributed by atoms with van der Waals surface area (Å²) < 4.78 is 10.1. The topological polar surface area (TPSA) is 73.6 Å². The average molecular weight is 264 g/mol. The van der Waals surface area contributed by atoms with Crippen LogP contribution in [0.5, 0.6) is 0 Å². The first kappa shape index (κ1) is 13.7. The van der Waals surface area contributed by atoms with E-state index in [0.29, 0.717) is 17.2 Å². The number of nitrogens with one attached hydrogen (secondary N) is 1. The molecule has 1 aliphatic rings. The summed E-state index contributed by atoms with van der Waals surface area (Å²) in [6.07, 6.45) is 2.26. The minimum absolute atomic E-state index is 0.357. The highest BCUT2D eigenvalue weighted by molar-refractivity contribution is 5.91. The lowest BCUT2D eigenvalue weighted by molar-refractivity contribution is 0.0593. The summed E-state index contributed by atoms with van der Waals surface area (Å²) in [6, 6.07) is 5.10. The number of benzene rings is 1. The van der Waals surface area contributed by atoms with Crippen molar-refractivity contribution in [2.45, 2.75) is 12.8 Å². The van der Waals surface area contributed by atoms with Crippen LogP contribution in [-0.4, -0.2) is 32.8 Å². The Morgan fingerprint density at radius 1 is 1.58 bits per heavy atom. The highest BCUT2D eigenvalue weighted by Crippen LogP contribution is 2.22. The van der Waals surface area contributed by atoms with E-state index in [4.69, 9.17) is 15.2 Å². The lowest BCUT2D eigenvalue weighted by Crippen LogP contribution is -2.24. The van der Waals surface area contributed by atoms with E-state index in [1.165, 1.54) is 7.11 Å². The number of ether oxygens (including phenoxy) is 2. The fraction of sp³-hybridized carbons (Fsp3) is 0.500. The molecule has 19 heavy (non-hydrogen) atoms. The number of hydrogen-bond donors (Lipinski definition) is 2. The number of nitrogens with two attached hydrogens (primary N) is 1. The first-order valence-electron chi connectivity index (χ1n) is 6.50. The summed E-state index contributed by atoms with van der Waals surface area (Å²) in [7, 11) is 1.37. The van der Waals surface area contributed by atoms with Crippen LogP contribution in [-0.2, 0) is 9.47 Å². The summed E-state index contributed by atoms with van der Waals surface area (Å²) in [4.78, 5) is 11.5. The van der Waals surface area contributed by atoms with Crippen molar-refractivity contribution in [1.82, 2.24) is 0 Å². The average Bonchev–Trinajstić information content (AvgIpc) is 2.46. The van der Waals surface area contributed by atoms with Gasteiger partial charge in [-0.2, -0.15) is 0 Å². The van der Waals surface area contributed by atoms with Crippen LogP contribution >= 0.6 is 0 Å². The van der Waals surface area contributed by atoms with E-state index in [-0.39, 0.29) is 5.97 Å². The minimum atomic E-state index is -0.357. The summed E-state index contributed by atoms with van der Waals surface area (Å²) in [5.74, 6) is 0.138. The molecule has 1 saturated heterocycles. The summed E-state index contributed by atoms with van der Waals surface area (Å²) in [5.41, 5.74) is 7.80. The van der Waals surface area contributed by atoms with E-state index in [0.717, 1.165) is 38.3 Å². The van der Waals surface area contributed by atoms with Crippen molar-refractivity contribution >= 4 is 17.3 Å². The second kappa shape index (κ2) is 6.43. The molecule has 5 nitrogen and oxygen atoms in total. The number of carbonyl (C=O) groups excluding carboxylic acids is 1. The standard InChI is InChI=1S/C14H20N2O3/c1-18-14(17)11-4-5-12(15)13(7-11)16-8-10-3-2-6-19-9-10/h4-5,7,10,16H,2-3,6,8-9,15H2,1H3. The number of nitrogen functional groups attached to an aromatic ring is 1. The van der Waals surface area contributed by atoms with Gasteiger partial charge in [-0.1, -0.05) is 0 Å². The zero-order chi connectivity index (χ0) is 13.7. The summed E-state index contributed by atoms with van der Waals surface area (Å²) in [5, 5.41) is 3.29. The van der Waals surface area contributed by atoms with Crippen molar-refractivity contribution in [2.75, 3.05) is 37.9 Å². The molecule has 1 aromatic rings. The van der Waals surface area contributed by atoms with Crippen LogP contribution in [0.2, 0.25) is 0 Å². The maximum absolute atomic E-state index is 11.5. The van der Waals surface area contributed by atoms with E-state index >= 15 is 0 Å². The van der Waals surface area contributed by atoms with Gasteiger partial charge in [-0.15, -0.1) is 0 Å². The Kier molecular flexibility index (Phi) is 4.63. The smallest absolute Gasteiger partial charge is 0.337 e. The molecule has 1 aliphatic heterocycles. The third-order valence-corrected chi connectivity index (χ3v) is 3.31. The number of hydrogen-bond acceptors (Lipinski definition) is 5. The summed E-state index contributed by atoms with van der Waals surface area (Å²) >= 11 is 0. The van der Waals surface area contributed by atoms with Crippen LogP contribution in [0.1, 0.15) is 23.2 Å². The lowest BCUT2D eigenvalue weighted by Gasteiger charge is -2.23. The molecule has 2 rings (SSSR count). The zero-order valence-electron chi connectivity index (χ0n) is 11.1. The Balaban J connectivity index is 2.00. The normalized spacial score (nSPS) is 18.9. The minimum Gasteiger partial charge on any atom is -0.465 e. The maximum Gasteiger partial charge on any atom is 0.337 e. The molecule has 5 heteroatoms. The molecule has 0 aliphatic carbocycles. The Morgan fingerprint density at radius 2 is 2.42 bits per heavy atom. The summed E-state index contributed by atoms with van der Waals surface area (Å²) in [6.45, 7) is 2.44. The maximum atomic E-state index is 11.5. The molecule has 0 saturated carbocycles. The number of carbonyl (C=O) groups is 1. The van der Waals surface area contributed by atoms with Crippen molar-refractivity contribution in [3.63, 3.8) is 0 Å². The molecule has 0 aromatic heterocycles. The first-order chi connectivity index (χ1) is 9.20. The highest BCUT2D eigenvalue weighted by atomic mass is 16.5. The predicted octanol–water partition coefficient (Wildman–Crippen LogP) is 1.89. The van der Waals surface area contributed by atoms with Gasteiger partial charge in [0.2, 0.25) is 0 Å². The van der Waals surface area contributed by atoms with Gasteiger partial charge in [0.1, 0.15) is 0 Å². The van der Waals surface area contributed by atoms with Crippen LogP contribution in [0, 0.1) is 5.92 Å². The van der Waals surface area contributed by atoms with E-state index in [9.17, 15) is 4.79 Å². The highest BCUT2D eigenvalue weighted by Gasteiger charge is 2.14. The van der Waals surface area contributed by atoms with E-state index in [2.05, 4.69) is 5.32 Å². The van der Waals surface area contributed by atoms with Crippen LogP contribution < -0.4 is 11.1 Å². The van der Waals surface area contributed by atoms with Crippen LogP contribution in [0.4, 0.5) is 11.4 Å². The molecular weight excluding hydrogens is 244 g/mol. The lowest BCUT2D eigenvalue weighted by atomic mass is 10.0. The van der Waals surface area contributed by atoms with Crippen molar-refractivity contribution in [2.24, 2.45) is 5.92 Å². The van der Waals surface area contributed by atoms with Gasteiger partial charge in [0.15, 0.2) is 0 Å². The Labute approximate surface area is 113 Å². The molecule has 1 fully saturated rings. The van der Waals surface area contributed by atoms with Gasteiger partial charge in [0.05, 0.1) is 30.7 Å². The number of esters is 1. The monoisotopic (exact) mass is 264 g/mol. The molecule has 0 spiro atoms. The van der Waals surface area contributed by atoms with Crippen LogP contribution in [0.25, 0.3) is 0 Å². The first-order valence-corrected chi connectivity index (χ1v) is 6.50. The SMILES string of the molecule is COC(=O)c1ccc(N)c(NCC2CCCOC2)c1. The van der Waals surface area contributed by atoms with Gasteiger partial charge in [0, 0.05) is 13.2 Å². The Hall–Kier alpha value is -1.75. The van der Waals surface area contributed by atoms with Crippen molar-refractivity contribution in [3.05, 3.63) is 23.8 Å². The van der Waals surface area contributed by atoms with Crippen molar-refractivity contribution < 1.29 is 14.3 Å². The Bertz CT molecular complexity index is 442. The molecule has 1 heterocycles. The molecule has 0 radical (unpaired) electrons. The van der Waals surface area contributed by atoms with Crippen molar-refractivity contribution in [1.29, 1.82) is 0 Å². The molecule has 0 amide bonds. The molecule has 1 unspecified atom stereocenters. The van der Waals surface area contributed by atoms with E-state index in [1.54, 1.807) is 18.2 Å². The Morgan fingerprint density at radius 3 is 3.11 bits per heavy atom. The molecule has 3 N–H and O–H groups in total. The number of anilines is 2. The molecule has 1 aromatic carbocycles. The fourth-order valence-corrected chi connectivity index (χ4v) is 2.18. The van der Waals surface area contributed by atoms with Gasteiger partial charge in [-0.3, -0.25) is 0 Å². The van der Waals surface area contributed by atoms with Crippen LogP contribution in [0.15, 0.2) is 18.2 Å². The van der Waals surface area contributed by atoms with E-state index in [1.807, 2.05) is 0 Å². The molecule has 1 atom stereocenters. The number of methoxy groups -OCH3 is 1. The number of rotatable bonds is 4. The van der Waals surface area contributed by atoms with Gasteiger partial charge in [-0.05, 0) is 37.0 Å². The zero-order valence-corrected chi connectivity index (χ0v) is 11.1. The van der Waals surface area contributed by atoms with Gasteiger partial charge < -0.3 is 20.5 Å². The van der Waals surface area contributed by atoms with Crippen molar-refractivity contribution in [3.8, 4) is 0 Å². The largest absolute Gasteiger partial charge is 0.465 e. The molecule has 0 bridgehead atoms. The van der Waals surface area contributed by atoms with E-state index < -0.39 is 0 Å². The van der Waals surface area contributed by atoms with Gasteiger partial charge in [0.25, 0.3) is 0 Å². The third kappa shape index (κ3) is 3.61. The second-order valence-corrected chi connectivity index (χ2v) is 4.76. The third-order valence-electron chi connectivity index (χ3n) is 3.31. The second-order valence-electron chi connectivity index (χ2n) is 4.76. The quantitative estimate of drug-likeness (QED) is 0.641. The van der Waals surface area contributed by atoms with Crippen LogP contribution in [0.3, 0.4) is 0 Å². The predicted molar refractivity (Wildman–Crippen MR) is 74.2 cm³/mol. The van der Waals surface area contributed by atoms with Gasteiger partial charge in [-0.25, -0.2) is 4.79 Å². The van der Waals surface area contributed by atoms with Gasteiger partial charge >= 0.3 is 5.97 Å². The molecule has 104 valence electrons. The fourth-order valence-electron chi connectivity index (χ4n) is 2.18. The molecular formula is C14H20N2O3.